The van der Waals surface area contributed by atoms with Gasteiger partial charge in [0, 0.05) is 12.8 Å². The molecule has 0 amide bonds. The van der Waals surface area contributed by atoms with Gasteiger partial charge >= 0.3 is 0 Å². The average Bonchev–Trinajstić information content (AvgIpc) is 1.99. The van der Waals surface area contributed by atoms with Gasteiger partial charge in [-0.3, -0.25) is 4.99 Å². The van der Waals surface area contributed by atoms with Crippen LogP contribution in [0.4, 0.5) is 0 Å². The average molecular weight is 151 g/mol. The van der Waals surface area contributed by atoms with E-state index >= 15 is 0 Å². The maximum atomic E-state index is 4.01. The first-order chi connectivity index (χ1) is 5.07. The van der Waals surface area contributed by atoms with Gasteiger partial charge in [-0.25, -0.2) is 0 Å². The summed E-state index contributed by atoms with van der Waals surface area (Å²) >= 11 is 0. The van der Waals surface area contributed by atoms with Crippen molar-refractivity contribution in [3.8, 4) is 0 Å². The Morgan fingerprint density at radius 2 is 1.91 bits per heavy atom. The van der Waals surface area contributed by atoms with E-state index in [9.17, 15) is 0 Å². The van der Waals surface area contributed by atoms with Crippen molar-refractivity contribution in [2.45, 2.75) is 20.8 Å². The largest absolute Gasteiger partial charge is 0.293 e. The van der Waals surface area contributed by atoms with E-state index < -0.39 is 0 Å². The molecule has 11 heavy (non-hydrogen) atoms. The lowest BCUT2D eigenvalue weighted by Crippen LogP contribution is -1.89. The fourth-order valence-corrected chi connectivity index (χ4v) is 0.495. The molecule has 0 atom stereocenters. The summed E-state index contributed by atoms with van der Waals surface area (Å²) < 4.78 is 0. The number of nitrogens with zero attached hydrogens (tertiary/aromatic N) is 1. The van der Waals surface area contributed by atoms with Crippen molar-refractivity contribution in [1.82, 2.24) is 0 Å². The van der Waals surface area contributed by atoms with Crippen LogP contribution in [0.3, 0.4) is 0 Å². The van der Waals surface area contributed by atoms with Gasteiger partial charge in [0.15, 0.2) is 0 Å². The summed E-state index contributed by atoms with van der Waals surface area (Å²) in [5.74, 6) is 0.524. The molecule has 0 aliphatic heterocycles. The second-order valence-corrected chi connectivity index (χ2v) is 2.93. The van der Waals surface area contributed by atoms with E-state index in [-0.39, 0.29) is 0 Å². The number of aliphatic imine (C=N–C) groups is 1. The van der Waals surface area contributed by atoms with Crippen LogP contribution < -0.4 is 0 Å². The molecular formula is C10H17N. The van der Waals surface area contributed by atoms with Crippen molar-refractivity contribution < 1.29 is 0 Å². The summed E-state index contributed by atoms with van der Waals surface area (Å²) in [5, 5.41) is 0. The predicted octanol–water partition coefficient (Wildman–Crippen LogP) is 2.85. The van der Waals surface area contributed by atoms with Crippen molar-refractivity contribution >= 4 is 5.71 Å². The monoisotopic (exact) mass is 151 g/mol. The molecule has 0 unspecified atom stereocenters. The minimum absolute atomic E-state index is 0.524. The van der Waals surface area contributed by atoms with Crippen molar-refractivity contribution in [1.29, 1.82) is 0 Å². The molecule has 0 saturated carbocycles. The lowest BCUT2D eigenvalue weighted by Gasteiger charge is -2.01. The Kier molecular flexibility index (Phi) is 4.51. The molecule has 0 aromatic rings. The highest BCUT2D eigenvalue weighted by Crippen LogP contribution is 2.07. The summed E-state index contributed by atoms with van der Waals surface area (Å²) in [6.45, 7) is 10.2. The molecule has 0 bridgehead atoms. The zero-order valence-corrected chi connectivity index (χ0v) is 7.89. The summed E-state index contributed by atoms with van der Waals surface area (Å²) in [5.41, 5.74) is 2.18. The van der Waals surface area contributed by atoms with Gasteiger partial charge in [-0.05, 0) is 18.9 Å². The number of hydrogen-bond acceptors (Lipinski definition) is 1. The van der Waals surface area contributed by atoms with Gasteiger partial charge in [-0.1, -0.05) is 32.1 Å². The molecule has 1 nitrogen and oxygen atoms in total. The van der Waals surface area contributed by atoms with E-state index in [4.69, 9.17) is 0 Å². The Bertz CT molecular complexity index is 185. The quantitative estimate of drug-likeness (QED) is 0.434. The van der Waals surface area contributed by atoms with Crippen LogP contribution in [0.15, 0.2) is 29.3 Å². The first-order valence-corrected chi connectivity index (χ1v) is 3.88. The highest BCUT2D eigenvalue weighted by Gasteiger charge is 1.93. The molecule has 0 fully saturated rings. The second-order valence-electron chi connectivity index (χ2n) is 2.93. The van der Waals surface area contributed by atoms with Crippen LogP contribution in [-0.4, -0.2) is 12.8 Å². The second kappa shape index (κ2) is 4.89. The van der Waals surface area contributed by atoms with Crippen LogP contribution in [-0.2, 0) is 0 Å². The number of rotatable bonds is 3. The van der Waals surface area contributed by atoms with Crippen LogP contribution in [0.1, 0.15) is 20.8 Å². The van der Waals surface area contributed by atoms with E-state index in [0.717, 1.165) is 11.3 Å². The predicted molar refractivity (Wildman–Crippen MR) is 52.2 cm³/mol. The number of allylic oxidation sites excluding steroid dienone is 3. The Morgan fingerprint density at radius 3 is 2.27 bits per heavy atom. The molecule has 0 radical (unpaired) electrons. The molecule has 0 spiro atoms. The van der Waals surface area contributed by atoms with Crippen molar-refractivity contribution in [3.63, 3.8) is 0 Å². The van der Waals surface area contributed by atoms with E-state index in [1.165, 1.54) is 0 Å². The van der Waals surface area contributed by atoms with Gasteiger partial charge in [-0.15, -0.1) is 0 Å². The first-order valence-electron chi connectivity index (χ1n) is 3.88. The molecule has 0 N–H and O–H groups in total. The molecule has 0 aromatic heterocycles. The summed E-state index contributed by atoms with van der Waals surface area (Å²) in [6.07, 6.45) is 4.01. The fraction of sp³-hybridized carbons (Fsp3) is 0.500. The lowest BCUT2D eigenvalue weighted by atomic mass is 10.0. The first kappa shape index (κ1) is 10.2. The minimum atomic E-state index is 0.524. The topological polar surface area (TPSA) is 12.4 Å². The van der Waals surface area contributed by atoms with Gasteiger partial charge in [0.25, 0.3) is 0 Å². The lowest BCUT2D eigenvalue weighted by molar-refractivity contribution is 0.795. The maximum absolute atomic E-state index is 4.01. The van der Waals surface area contributed by atoms with E-state index in [1.807, 2.05) is 19.1 Å². The van der Waals surface area contributed by atoms with Crippen LogP contribution >= 0.6 is 0 Å². The Labute approximate surface area is 69.5 Å². The molecule has 0 aliphatic carbocycles. The van der Waals surface area contributed by atoms with Gasteiger partial charge in [0.1, 0.15) is 0 Å². The van der Waals surface area contributed by atoms with Crippen molar-refractivity contribution in [2.75, 3.05) is 7.05 Å². The normalized spacial score (nSPS) is 13.0. The van der Waals surface area contributed by atoms with Crippen LogP contribution in [0.2, 0.25) is 0 Å². The van der Waals surface area contributed by atoms with Gasteiger partial charge in [-0.2, -0.15) is 0 Å². The van der Waals surface area contributed by atoms with Crippen LogP contribution in [0, 0.1) is 5.92 Å². The van der Waals surface area contributed by atoms with Crippen molar-refractivity contribution in [3.05, 3.63) is 24.3 Å². The third kappa shape index (κ3) is 4.54. The summed E-state index contributed by atoms with van der Waals surface area (Å²) in [4.78, 5) is 4.01. The Balaban J connectivity index is 4.04. The standard InChI is InChI=1S/C10H17N/c1-8(2)9(3)6-7-10(4)11-5/h6-8H,3H2,1-2,4-5H3/b7-6-,11-10?. The molecule has 0 aliphatic rings. The zero-order valence-electron chi connectivity index (χ0n) is 7.89. The van der Waals surface area contributed by atoms with Gasteiger partial charge in [0.2, 0.25) is 0 Å². The minimum Gasteiger partial charge on any atom is -0.293 e. The zero-order chi connectivity index (χ0) is 8.85. The van der Waals surface area contributed by atoms with E-state index in [0.29, 0.717) is 5.92 Å². The smallest absolute Gasteiger partial charge is 0.0313 e. The molecule has 0 rings (SSSR count). The number of hydrogen-bond donors (Lipinski definition) is 0. The highest BCUT2D eigenvalue weighted by atomic mass is 14.7. The maximum Gasteiger partial charge on any atom is 0.0313 e. The molecule has 1 heteroatoms. The SMILES string of the molecule is C=C(/C=C\C(C)=NC)C(C)C. The summed E-state index contributed by atoms with van der Waals surface area (Å²) in [7, 11) is 1.79. The van der Waals surface area contributed by atoms with Crippen LogP contribution in [0.25, 0.3) is 0 Å². The van der Waals surface area contributed by atoms with E-state index in [1.54, 1.807) is 7.05 Å². The van der Waals surface area contributed by atoms with Gasteiger partial charge < -0.3 is 0 Å². The third-order valence-electron chi connectivity index (χ3n) is 1.63. The Hall–Kier alpha value is -0.850. The molecular weight excluding hydrogens is 134 g/mol. The highest BCUT2D eigenvalue weighted by molar-refractivity contribution is 5.92. The summed E-state index contributed by atoms with van der Waals surface area (Å²) in [6, 6.07) is 0. The molecule has 0 saturated heterocycles. The van der Waals surface area contributed by atoms with Gasteiger partial charge in [0.05, 0.1) is 0 Å². The molecule has 62 valence electrons. The van der Waals surface area contributed by atoms with E-state index in [2.05, 4.69) is 25.4 Å². The fourth-order valence-electron chi connectivity index (χ4n) is 0.495. The molecule has 0 heterocycles. The Morgan fingerprint density at radius 1 is 1.36 bits per heavy atom. The molecule has 0 aromatic carbocycles. The van der Waals surface area contributed by atoms with Crippen molar-refractivity contribution in [2.24, 2.45) is 10.9 Å². The third-order valence-corrected chi connectivity index (χ3v) is 1.63. The van der Waals surface area contributed by atoms with Crippen LogP contribution in [0.5, 0.6) is 0 Å².